The van der Waals surface area contributed by atoms with Gasteiger partial charge in [-0.25, -0.2) is 0 Å². The summed E-state index contributed by atoms with van der Waals surface area (Å²) in [5, 5.41) is 3.32. The molecule has 0 bridgehead atoms. The Morgan fingerprint density at radius 2 is 2.29 bits per heavy atom. The van der Waals surface area contributed by atoms with Crippen molar-refractivity contribution in [3.63, 3.8) is 0 Å². The van der Waals surface area contributed by atoms with Gasteiger partial charge in [0.2, 0.25) is 0 Å². The maximum Gasteiger partial charge on any atom is 0.0603 e. The van der Waals surface area contributed by atoms with E-state index in [0.29, 0.717) is 0 Å². The Morgan fingerprint density at radius 1 is 1.36 bits per heavy atom. The third-order valence-corrected chi connectivity index (χ3v) is 2.14. The quantitative estimate of drug-likeness (QED) is 0.774. The number of aromatic amines is 1. The number of aromatic nitrogens is 2. The summed E-state index contributed by atoms with van der Waals surface area (Å²) >= 11 is 0. The minimum Gasteiger partial charge on any atom is -0.378 e. The molecule has 0 unspecified atom stereocenters. The molecule has 3 heteroatoms. The van der Waals surface area contributed by atoms with Crippen molar-refractivity contribution in [2.75, 3.05) is 5.32 Å². The van der Waals surface area contributed by atoms with Crippen molar-refractivity contribution in [1.82, 2.24) is 9.97 Å². The lowest BCUT2D eigenvalue weighted by Crippen LogP contribution is -2.01. The fourth-order valence-electron chi connectivity index (χ4n) is 1.34. The van der Waals surface area contributed by atoms with Crippen molar-refractivity contribution in [1.29, 1.82) is 0 Å². The molecule has 2 aromatic rings. The van der Waals surface area contributed by atoms with Crippen molar-refractivity contribution < 1.29 is 0 Å². The van der Waals surface area contributed by atoms with Crippen LogP contribution in [-0.2, 0) is 6.54 Å². The molecule has 3 nitrogen and oxygen atoms in total. The molecule has 0 aromatic carbocycles. The van der Waals surface area contributed by atoms with Crippen LogP contribution in [0.3, 0.4) is 0 Å². The van der Waals surface area contributed by atoms with Gasteiger partial charge < -0.3 is 10.3 Å². The van der Waals surface area contributed by atoms with Gasteiger partial charge in [0.15, 0.2) is 0 Å². The van der Waals surface area contributed by atoms with E-state index >= 15 is 0 Å². The first-order chi connectivity index (χ1) is 6.86. The first-order valence-electron chi connectivity index (χ1n) is 4.64. The lowest BCUT2D eigenvalue weighted by atomic mass is 10.3. The normalized spacial score (nSPS) is 10.1. The van der Waals surface area contributed by atoms with Gasteiger partial charge in [0.1, 0.15) is 0 Å². The third-order valence-electron chi connectivity index (χ3n) is 2.14. The summed E-state index contributed by atoms with van der Waals surface area (Å²) in [7, 11) is 0. The van der Waals surface area contributed by atoms with Gasteiger partial charge in [-0.1, -0.05) is 0 Å². The van der Waals surface area contributed by atoms with E-state index in [-0.39, 0.29) is 0 Å². The molecule has 0 fully saturated rings. The van der Waals surface area contributed by atoms with Gasteiger partial charge >= 0.3 is 0 Å². The van der Waals surface area contributed by atoms with Crippen LogP contribution in [0.1, 0.15) is 11.4 Å². The zero-order valence-corrected chi connectivity index (χ0v) is 8.12. The number of nitrogens with zero attached hydrogens (tertiary/aromatic N) is 1. The lowest BCUT2D eigenvalue weighted by Gasteiger charge is -2.06. The Labute approximate surface area is 83.2 Å². The monoisotopic (exact) mass is 187 g/mol. The average Bonchev–Trinajstić information content (AvgIpc) is 2.69. The van der Waals surface area contributed by atoms with Crippen LogP contribution < -0.4 is 5.32 Å². The van der Waals surface area contributed by atoms with E-state index in [9.17, 15) is 0 Å². The average molecular weight is 187 g/mol. The molecule has 0 amide bonds. The minimum atomic E-state index is 0.805. The zero-order valence-electron chi connectivity index (χ0n) is 8.12. The van der Waals surface area contributed by atoms with Crippen LogP contribution in [0.2, 0.25) is 0 Å². The fourth-order valence-corrected chi connectivity index (χ4v) is 1.34. The highest BCUT2D eigenvalue weighted by Gasteiger charge is 1.97. The molecule has 0 aliphatic rings. The Balaban J connectivity index is 2.02. The number of hydrogen-bond acceptors (Lipinski definition) is 2. The van der Waals surface area contributed by atoms with Crippen LogP contribution in [0, 0.1) is 6.92 Å². The van der Waals surface area contributed by atoms with E-state index in [4.69, 9.17) is 0 Å². The van der Waals surface area contributed by atoms with Crippen LogP contribution in [0.25, 0.3) is 0 Å². The molecule has 0 saturated heterocycles. The summed E-state index contributed by atoms with van der Waals surface area (Å²) < 4.78 is 0. The maximum atomic E-state index is 4.21. The van der Waals surface area contributed by atoms with Crippen molar-refractivity contribution in [3.05, 3.63) is 48.0 Å². The van der Waals surface area contributed by atoms with Crippen LogP contribution in [0.4, 0.5) is 5.69 Å². The Morgan fingerprint density at radius 3 is 3.00 bits per heavy atom. The van der Waals surface area contributed by atoms with Crippen molar-refractivity contribution in [3.8, 4) is 0 Å². The van der Waals surface area contributed by atoms with E-state index in [2.05, 4.69) is 21.4 Å². The summed E-state index contributed by atoms with van der Waals surface area (Å²) in [5.41, 5.74) is 3.29. The first-order valence-corrected chi connectivity index (χ1v) is 4.64. The molecule has 0 spiro atoms. The topological polar surface area (TPSA) is 40.7 Å². The molecule has 72 valence electrons. The molecule has 0 aliphatic heterocycles. The summed E-state index contributed by atoms with van der Waals surface area (Å²) in [6, 6.07) is 8.02. The van der Waals surface area contributed by atoms with Gasteiger partial charge in [0.05, 0.1) is 17.9 Å². The van der Waals surface area contributed by atoms with Crippen LogP contribution in [-0.4, -0.2) is 9.97 Å². The largest absolute Gasteiger partial charge is 0.378 e. The maximum absolute atomic E-state index is 4.21. The second kappa shape index (κ2) is 3.96. The highest BCUT2D eigenvalue weighted by atomic mass is 14.9. The Bertz CT molecular complexity index is 393. The summed E-state index contributed by atoms with van der Waals surface area (Å²) in [5.74, 6) is 0. The van der Waals surface area contributed by atoms with E-state index in [1.165, 1.54) is 5.69 Å². The number of rotatable bonds is 3. The standard InChI is InChI=1S/C11H13N3/c1-9-11(5-3-6-12-9)14-8-10-4-2-7-13-10/h2-7,13-14H,8H2,1H3. The van der Waals surface area contributed by atoms with Gasteiger partial charge in [-0.05, 0) is 31.2 Å². The van der Waals surface area contributed by atoms with E-state index in [1.54, 1.807) is 6.20 Å². The molecule has 2 heterocycles. The smallest absolute Gasteiger partial charge is 0.0603 e. The van der Waals surface area contributed by atoms with Gasteiger partial charge in [-0.2, -0.15) is 0 Å². The molecule has 0 radical (unpaired) electrons. The minimum absolute atomic E-state index is 0.805. The molecule has 0 atom stereocenters. The second-order valence-electron chi connectivity index (χ2n) is 3.19. The molecular weight excluding hydrogens is 174 g/mol. The zero-order chi connectivity index (χ0) is 9.80. The highest BCUT2D eigenvalue weighted by molar-refractivity contribution is 5.46. The Hall–Kier alpha value is -1.77. The summed E-state index contributed by atoms with van der Waals surface area (Å²) in [6.45, 7) is 2.80. The summed E-state index contributed by atoms with van der Waals surface area (Å²) in [4.78, 5) is 7.35. The van der Waals surface area contributed by atoms with E-state index in [0.717, 1.165) is 17.9 Å². The van der Waals surface area contributed by atoms with Gasteiger partial charge in [-0.15, -0.1) is 0 Å². The van der Waals surface area contributed by atoms with Crippen molar-refractivity contribution in [2.24, 2.45) is 0 Å². The van der Waals surface area contributed by atoms with Gasteiger partial charge in [0, 0.05) is 18.1 Å². The predicted molar refractivity (Wildman–Crippen MR) is 57.1 cm³/mol. The van der Waals surface area contributed by atoms with E-state index in [1.807, 2.05) is 31.3 Å². The molecule has 2 N–H and O–H groups in total. The van der Waals surface area contributed by atoms with E-state index < -0.39 is 0 Å². The molecule has 0 saturated carbocycles. The molecule has 2 aromatic heterocycles. The number of H-pyrrole nitrogens is 1. The highest BCUT2D eigenvalue weighted by Crippen LogP contribution is 2.11. The van der Waals surface area contributed by atoms with Crippen LogP contribution in [0.15, 0.2) is 36.7 Å². The Kier molecular flexibility index (Phi) is 2.49. The van der Waals surface area contributed by atoms with Crippen LogP contribution in [0.5, 0.6) is 0 Å². The number of aryl methyl sites for hydroxylation is 1. The lowest BCUT2D eigenvalue weighted by molar-refractivity contribution is 1.06. The molecule has 0 aliphatic carbocycles. The second-order valence-corrected chi connectivity index (χ2v) is 3.19. The fraction of sp³-hybridized carbons (Fsp3) is 0.182. The number of hydrogen-bond donors (Lipinski definition) is 2. The molecule has 2 rings (SSSR count). The van der Waals surface area contributed by atoms with Crippen molar-refractivity contribution >= 4 is 5.69 Å². The summed E-state index contributed by atoms with van der Waals surface area (Å²) in [6.07, 6.45) is 3.72. The molecular formula is C11H13N3. The van der Waals surface area contributed by atoms with Gasteiger partial charge in [0.25, 0.3) is 0 Å². The SMILES string of the molecule is Cc1ncccc1NCc1ccc[nH]1. The number of anilines is 1. The third kappa shape index (κ3) is 1.93. The van der Waals surface area contributed by atoms with Crippen LogP contribution >= 0.6 is 0 Å². The van der Waals surface area contributed by atoms with Crippen molar-refractivity contribution in [2.45, 2.75) is 13.5 Å². The number of nitrogens with one attached hydrogen (secondary N) is 2. The first kappa shape index (κ1) is 8.81. The predicted octanol–water partition coefficient (Wildman–Crippen LogP) is 2.33. The molecule has 14 heavy (non-hydrogen) atoms. The number of pyridine rings is 1. The van der Waals surface area contributed by atoms with Gasteiger partial charge in [-0.3, -0.25) is 4.98 Å².